The average molecular weight is 248 g/mol. The Morgan fingerprint density at radius 1 is 1.38 bits per heavy atom. The predicted octanol–water partition coefficient (Wildman–Crippen LogP) is 2.61. The summed E-state index contributed by atoms with van der Waals surface area (Å²) in [5, 5.41) is 3.89. The second-order valence-electron chi connectivity index (χ2n) is 4.11. The molecule has 2 nitrogen and oxygen atoms in total. The monoisotopic (exact) mass is 247 g/mol. The fourth-order valence-electron chi connectivity index (χ4n) is 1.94. The lowest BCUT2D eigenvalue weighted by atomic mass is 9.83. The summed E-state index contributed by atoms with van der Waals surface area (Å²) in [5.74, 6) is 0.182. The van der Waals surface area contributed by atoms with E-state index in [2.05, 4.69) is 28.2 Å². The Labute approximate surface area is 88.6 Å². The number of carbonyl (C=O) groups excluding carboxylic acids is 1. The molecule has 1 rings (SSSR count). The van der Waals surface area contributed by atoms with Crippen LogP contribution in [0.2, 0.25) is 0 Å². The fraction of sp³-hybridized carbons (Fsp3) is 0.900. The molecule has 0 bridgehead atoms. The first-order valence-corrected chi connectivity index (χ1v) is 6.15. The van der Waals surface area contributed by atoms with Gasteiger partial charge in [0.15, 0.2) is 0 Å². The van der Waals surface area contributed by atoms with E-state index >= 15 is 0 Å². The second-order valence-corrected chi connectivity index (χ2v) is 4.90. The van der Waals surface area contributed by atoms with E-state index in [-0.39, 0.29) is 11.4 Å². The molecule has 0 spiro atoms. The number of hydrogen-bond donors (Lipinski definition) is 1. The molecule has 0 saturated heterocycles. The van der Waals surface area contributed by atoms with Crippen molar-refractivity contribution >= 4 is 21.8 Å². The lowest BCUT2D eigenvalue weighted by Gasteiger charge is -2.34. The Bertz CT molecular complexity index is 176. The number of amides is 1. The van der Waals surface area contributed by atoms with Gasteiger partial charge in [0.25, 0.3) is 0 Å². The Morgan fingerprint density at radius 2 is 2.00 bits per heavy atom. The highest BCUT2D eigenvalue weighted by Crippen LogP contribution is 2.27. The number of halogens is 1. The van der Waals surface area contributed by atoms with Crippen LogP contribution >= 0.6 is 15.9 Å². The van der Waals surface area contributed by atoms with Gasteiger partial charge >= 0.3 is 0 Å². The van der Waals surface area contributed by atoms with Crippen LogP contribution in [0.25, 0.3) is 0 Å². The minimum Gasteiger partial charge on any atom is -0.351 e. The number of nitrogens with one attached hydrogen (secondary N) is 1. The SMILES string of the molecule is CC1(NC(=O)CCBr)CCCCC1. The van der Waals surface area contributed by atoms with Gasteiger partial charge in [0.1, 0.15) is 0 Å². The Hall–Kier alpha value is -0.0500. The standard InChI is InChI=1S/C10H18BrNO/c1-10(6-3-2-4-7-10)12-9(13)5-8-11/h2-8H2,1H3,(H,12,13). The molecule has 1 aliphatic carbocycles. The largest absolute Gasteiger partial charge is 0.351 e. The zero-order valence-electron chi connectivity index (χ0n) is 8.24. The topological polar surface area (TPSA) is 29.1 Å². The van der Waals surface area contributed by atoms with Crippen molar-refractivity contribution < 1.29 is 4.79 Å². The fourth-order valence-corrected chi connectivity index (χ4v) is 2.30. The molecule has 0 aromatic heterocycles. The summed E-state index contributed by atoms with van der Waals surface area (Å²) >= 11 is 3.27. The molecule has 0 aromatic carbocycles. The number of carbonyl (C=O) groups is 1. The highest BCUT2D eigenvalue weighted by Gasteiger charge is 2.27. The van der Waals surface area contributed by atoms with Crippen molar-refractivity contribution in [1.29, 1.82) is 0 Å². The Morgan fingerprint density at radius 3 is 2.54 bits per heavy atom. The van der Waals surface area contributed by atoms with E-state index in [1.54, 1.807) is 0 Å². The van der Waals surface area contributed by atoms with Crippen LogP contribution in [-0.2, 0) is 4.79 Å². The molecule has 13 heavy (non-hydrogen) atoms. The minimum atomic E-state index is 0.0809. The summed E-state index contributed by atoms with van der Waals surface area (Å²) in [7, 11) is 0. The van der Waals surface area contributed by atoms with Crippen molar-refractivity contribution in [3.8, 4) is 0 Å². The van der Waals surface area contributed by atoms with Crippen LogP contribution in [0.3, 0.4) is 0 Å². The molecular weight excluding hydrogens is 230 g/mol. The van der Waals surface area contributed by atoms with E-state index < -0.39 is 0 Å². The van der Waals surface area contributed by atoms with Gasteiger partial charge in [-0.3, -0.25) is 4.79 Å². The van der Waals surface area contributed by atoms with E-state index in [0.29, 0.717) is 6.42 Å². The minimum absolute atomic E-state index is 0.0809. The van der Waals surface area contributed by atoms with E-state index in [9.17, 15) is 4.79 Å². The summed E-state index contributed by atoms with van der Waals surface area (Å²) in [4.78, 5) is 11.4. The third-order valence-electron chi connectivity index (χ3n) is 2.72. The summed E-state index contributed by atoms with van der Waals surface area (Å²) in [5.41, 5.74) is 0.0809. The highest BCUT2D eigenvalue weighted by molar-refractivity contribution is 9.09. The first kappa shape index (κ1) is 11.0. The zero-order chi connectivity index (χ0) is 9.73. The molecular formula is C10H18BrNO. The van der Waals surface area contributed by atoms with Crippen LogP contribution in [0.15, 0.2) is 0 Å². The van der Waals surface area contributed by atoms with Crippen molar-refractivity contribution in [3.05, 3.63) is 0 Å². The van der Waals surface area contributed by atoms with Crippen molar-refractivity contribution in [3.63, 3.8) is 0 Å². The molecule has 0 aromatic rings. The molecule has 0 heterocycles. The molecule has 3 heteroatoms. The molecule has 1 fully saturated rings. The Kier molecular flexibility index (Phi) is 4.23. The van der Waals surface area contributed by atoms with Crippen LogP contribution in [0.5, 0.6) is 0 Å². The van der Waals surface area contributed by atoms with Gasteiger partial charge < -0.3 is 5.32 Å². The highest BCUT2D eigenvalue weighted by atomic mass is 79.9. The third kappa shape index (κ3) is 3.67. The number of alkyl halides is 1. The molecule has 1 aliphatic rings. The van der Waals surface area contributed by atoms with Gasteiger partial charge in [0.2, 0.25) is 5.91 Å². The van der Waals surface area contributed by atoms with Crippen LogP contribution < -0.4 is 5.32 Å². The molecule has 0 radical (unpaired) electrons. The van der Waals surface area contributed by atoms with E-state index in [1.807, 2.05) is 0 Å². The summed E-state index contributed by atoms with van der Waals surface area (Å²) < 4.78 is 0. The molecule has 1 amide bonds. The van der Waals surface area contributed by atoms with Crippen LogP contribution in [0.1, 0.15) is 45.4 Å². The molecule has 0 aliphatic heterocycles. The van der Waals surface area contributed by atoms with E-state index in [4.69, 9.17) is 0 Å². The van der Waals surface area contributed by atoms with Crippen molar-refractivity contribution in [1.82, 2.24) is 5.32 Å². The smallest absolute Gasteiger partial charge is 0.221 e. The normalized spacial score (nSPS) is 21.1. The van der Waals surface area contributed by atoms with Crippen LogP contribution in [-0.4, -0.2) is 16.8 Å². The summed E-state index contributed by atoms with van der Waals surface area (Å²) in [6, 6.07) is 0. The van der Waals surface area contributed by atoms with Gasteiger partial charge in [-0.25, -0.2) is 0 Å². The van der Waals surface area contributed by atoms with Crippen molar-refractivity contribution in [2.24, 2.45) is 0 Å². The maximum absolute atomic E-state index is 11.4. The van der Waals surface area contributed by atoms with Crippen molar-refractivity contribution in [2.45, 2.75) is 51.0 Å². The first-order valence-electron chi connectivity index (χ1n) is 5.03. The zero-order valence-corrected chi connectivity index (χ0v) is 9.82. The maximum Gasteiger partial charge on any atom is 0.221 e. The number of rotatable bonds is 3. The third-order valence-corrected chi connectivity index (χ3v) is 3.12. The molecule has 0 unspecified atom stereocenters. The van der Waals surface area contributed by atoms with Gasteiger partial charge in [0.05, 0.1) is 0 Å². The summed E-state index contributed by atoms with van der Waals surface area (Å²) in [6.45, 7) is 2.16. The van der Waals surface area contributed by atoms with Gasteiger partial charge in [-0.2, -0.15) is 0 Å². The van der Waals surface area contributed by atoms with Gasteiger partial charge in [-0.1, -0.05) is 35.2 Å². The van der Waals surface area contributed by atoms with Crippen LogP contribution in [0.4, 0.5) is 0 Å². The van der Waals surface area contributed by atoms with Gasteiger partial charge in [-0.15, -0.1) is 0 Å². The van der Waals surface area contributed by atoms with Crippen molar-refractivity contribution in [2.75, 3.05) is 5.33 Å². The maximum atomic E-state index is 11.4. The average Bonchev–Trinajstić information content (AvgIpc) is 2.04. The molecule has 0 atom stereocenters. The van der Waals surface area contributed by atoms with Crippen LogP contribution in [0, 0.1) is 0 Å². The van der Waals surface area contributed by atoms with Gasteiger partial charge in [-0.05, 0) is 19.8 Å². The number of hydrogen-bond acceptors (Lipinski definition) is 1. The Balaban J connectivity index is 2.36. The lowest BCUT2D eigenvalue weighted by molar-refractivity contribution is -0.122. The first-order chi connectivity index (χ1) is 6.16. The van der Waals surface area contributed by atoms with E-state index in [1.165, 1.54) is 19.3 Å². The quantitative estimate of drug-likeness (QED) is 0.764. The van der Waals surface area contributed by atoms with E-state index in [0.717, 1.165) is 18.2 Å². The lowest BCUT2D eigenvalue weighted by Crippen LogP contribution is -2.47. The molecule has 1 N–H and O–H groups in total. The summed E-state index contributed by atoms with van der Waals surface area (Å²) in [6.07, 6.45) is 6.71. The molecule has 1 saturated carbocycles. The second kappa shape index (κ2) is 4.99. The van der Waals surface area contributed by atoms with Gasteiger partial charge in [0, 0.05) is 17.3 Å². The predicted molar refractivity (Wildman–Crippen MR) is 58.0 cm³/mol. The molecule has 76 valence electrons.